The Bertz CT molecular complexity index is 843. The fraction of sp³-hybridized carbons (Fsp3) is 0.105. The normalized spacial score (nSPS) is 10.2. The maximum atomic E-state index is 12.7. The average molecular weight is 347 g/mol. The van der Waals surface area contributed by atoms with E-state index in [2.05, 4.69) is 15.0 Å². The van der Waals surface area contributed by atoms with Crippen LogP contribution >= 0.6 is 0 Å². The fourth-order valence-electron chi connectivity index (χ4n) is 2.39. The second kappa shape index (κ2) is 7.52. The van der Waals surface area contributed by atoms with Gasteiger partial charge in [-0.3, -0.25) is 19.6 Å². The Morgan fingerprint density at radius 1 is 0.692 bits per heavy atom. The van der Waals surface area contributed by atoms with Crippen molar-refractivity contribution in [2.45, 2.75) is 0 Å². The zero-order chi connectivity index (χ0) is 18.5. The van der Waals surface area contributed by atoms with Gasteiger partial charge in [0.2, 0.25) is 0 Å². The maximum absolute atomic E-state index is 12.7. The molecule has 3 aromatic rings. The maximum Gasteiger partial charge on any atom is 0.276 e. The summed E-state index contributed by atoms with van der Waals surface area (Å²) in [6.45, 7) is 0. The van der Waals surface area contributed by atoms with Crippen molar-refractivity contribution >= 4 is 23.2 Å². The van der Waals surface area contributed by atoms with Crippen LogP contribution in [-0.2, 0) is 0 Å². The lowest BCUT2D eigenvalue weighted by atomic mass is 10.2. The van der Waals surface area contributed by atoms with E-state index in [9.17, 15) is 9.59 Å². The van der Waals surface area contributed by atoms with Crippen molar-refractivity contribution in [1.82, 2.24) is 15.0 Å². The molecule has 0 atom stereocenters. The van der Waals surface area contributed by atoms with E-state index in [1.807, 2.05) is 0 Å². The van der Waals surface area contributed by atoms with Gasteiger partial charge in [0.25, 0.3) is 11.8 Å². The minimum Gasteiger partial charge on any atom is -0.310 e. The molecule has 2 amide bonds. The third-order valence-corrected chi connectivity index (χ3v) is 3.90. The van der Waals surface area contributed by atoms with Crippen LogP contribution in [0.25, 0.3) is 0 Å². The second-order valence-corrected chi connectivity index (χ2v) is 5.55. The van der Waals surface area contributed by atoms with Crippen molar-refractivity contribution in [2.75, 3.05) is 23.9 Å². The number of anilines is 2. The predicted molar refractivity (Wildman–Crippen MR) is 98.2 cm³/mol. The van der Waals surface area contributed by atoms with Gasteiger partial charge in [-0.05, 0) is 36.4 Å². The van der Waals surface area contributed by atoms with Gasteiger partial charge in [-0.2, -0.15) is 0 Å². The molecule has 0 bridgehead atoms. The summed E-state index contributed by atoms with van der Waals surface area (Å²) in [5, 5.41) is 0. The van der Waals surface area contributed by atoms with Crippen molar-refractivity contribution in [3.8, 4) is 0 Å². The van der Waals surface area contributed by atoms with Crippen molar-refractivity contribution < 1.29 is 9.59 Å². The lowest BCUT2D eigenvalue weighted by Gasteiger charge is -2.18. The Hall–Kier alpha value is -3.61. The molecule has 0 unspecified atom stereocenters. The van der Waals surface area contributed by atoms with Gasteiger partial charge in [-0.25, -0.2) is 4.98 Å². The van der Waals surface area contributed by atoms with Crippen LogP contribution in [0.4, 0.5) is 11.4 Å². The molecule has 3 heterocycles. The van der Waals surface area contributed by atoms with Crippen LogP contribution in [-0.4, -0.2) is 40.9 Å². The average Bonchev–Trinajstić information content (AvgIpc) is 2.73. The first kappa shape index (κ1) is 17.2. The van der Waals surface area contributed by atoms with Crippen LogP contribution in [0.2, 0.25) is 0 Å². The van der Waals surface area contributed by atoms with E-state index in [0.29, 0.717) is 11.4 Å². The van der Waals surface area contributed by atoms with E-state index in [0.717, 1.165) is 0 Å². The van der Waals surface area contributed by atoms with Gasteiger partial charge in [0.15, 0.2) is 0 Å². The third kappa shape index (κ3) is 3.56. The Morgan fingerprint density at radius 2 is 1.08 bits per heavy atom. The summed E-state index contributed by atoms with van der Waals surface area (Å²) in [6, 6.07) is 11.7. The molecule has 0 saturated carbocycles. The quantitative estimate of drug-likeness (QED) is 0.724. The number of aromatic nitrogens is 3. The molecule has 0 saturated heterocycles. The van der Waals surface area contributed by atoms with Gasteiger partial charge in [0.05, 0.1) is 0 Å². The SMILES string of the molecule is CN(C(=O)c1cccc(C(=O)N(C)c2ccncc2)n1)c1ccncc1. The molecule has 130 valence electrons. The van der Waals surface area contributed by atoms with Crippen LogP contribution in [0, 0.1) is 0 Å². The number of carbonyl (C=O) groups is 2. The number of hydrogen-bond acceptors (Lipinski definition) is 5. The van der Waals surface area contributed by atoms with Gasteiger partial charge in [-0.1, -0.05) is 6.07 Å². The molecule has 0 aromatic carbocycles. The molecular weight excluding hydrogens is 330 g/mol. The summed E-state index contributed by atoms with van der Waals surface area (Å²) in [5.74, 6) is -0.616. The molecule has 0 radical (unpaired) electrons. The molecule has 0 aliphatic heterocycles. The van der Waals surface area contributed by atoms with Crippen molar-refractivity contribution in [3.05, 3.63) is 78.6 Å². The summed E-state index contributed by atoms with van der Waals surface area (Å²) in [5.41, 5.74) is 1.77. The lowest BCUT2D eigenvalue weighted by Crippen LogP contribution is -2.30. The summed E-state index contributed by atoms with van der Waals surface area (Å²) < 4.78 is 0. The van der Waals surface area contributed by atoms with Crippen LogP contribution in [0.5, 0.6) is 0 Å². The molecule has 3 rings (SSSR count). The first-order valence-corrected chi connectivity index (χ1v) is 7.91. The van der Waals surface area contributed by atoms with Gasteiger partial charge in [-0.15, -0.1) is 0 Å². The van der Waals surface area contributed by atoms with E-state index < -0.39 is 0 Å². The van der Waals surface area contributed by atoms with E-state index in [-0.39, 0.29) is 23.2 Å². The summed E-state index contributed by atoms with van der Waals surface area (Å²) in [4.78, 5) is 40.4. The van der Waals surface area contributed by atoms with Crippen LogP contribution in [0.1, 0.15) is 21.0 Å². The highest BCUT2D eigenvalue weighted by Gasteiger charge is 2.19. The Balaban J connectivity index is 1.84. The highest BCUT2D eigenvalue weighted by Crippen LogP contribution is 2.16. The van der Waals surface area contributed by atoms with E-state index in [1.165, 1.54) is 9.80 Å². The zero-order valence-corrected chi connectivity index (χ0v) is 14.4. The van der Waals surface area contributed by atoms with E-state index in [1.54, 1.807) is 81.3 Å². The monoisotopic (exact) mass is 347 g/mol. The van der Waals surface area contributed by atoms with E-state index >= 15 is 0 Å². The largest absolute Gasteiger partial charge is 0.310 e. The number of nitrogens with zero attached hydrogens (tertiary/aromatic N) is 5. The van der Waals surface area contributed by atoms with Crippen LogP contribution in [0.15, 0.2) is 67.3 Å². The first-order valence-electron chi connectivity index (χ1n) is 7.91. The number of rotatable bonds is 4. The molecule has 7 nitrogen and oxygen atoms in total. The van der Waals surface area contributed by atoms with Crippen LogP contribution < -0.4 is 9.80 Å². The molecule has 0 spiro atoms. The Labute approximate surface area is 151 Å². The summed E-state index contributed by atoms with van der Waals surface area (Å²) in [6.07, 6.45) is 6.43. The minimum absolute atomic E-state index is 0.193. The zero-order valence-electron chi connectivity index (χ0n) is 14.4. The highest BCUT2D eigenvalue weighted by atomic mass is 16.2. The summed E-state index contributed by atoms with van der Waals surface area (Å²) >= 11 is 0. The van der Waals surface area contributed by atoms with Gasteiger partial charge in [0.1, 0.15) is 11.4 Å². The topological polar surface area (TPSA) is 79.3 Å². The molecule has 26 heavy (non-hydrogen) atoms. The summed E-state index contributed by atoms with van der Waals surface area (Å²) in [7, 11) is 3.30. The minimum atomic E-state index is -0.308. The highest BCUT2D eigenvalue weighted by molar-refractivity contribution is 6.07. The fourth-order valence-corrected chi connectivity index (χ4v) is 2.39. The third-order valence-electron chi connectivity index (χ3n) is 3.90. The Kier molecular flexibility index (Phi) is 4.98. The van der Waals surface area contributed by atoms with Crippen LogP contribution in [0.3, 0.4) is 0 Å². The standard InChI is InChI=1S/C19H17N5O2/c1-23(14-6-10-20-11-7-14)18(25)16-4-3-5-17(22-16)19(26)24(2)15-8-12-21-13-9-15/h3-13H,1-2H3. The second-order valence-electron chi connectivity index (χ2n) is 5.55. The van der Waals surface area contributed by atoms with Crippen molar-refractivity contribution in [2.24, 2.45) is 0 Å². The smallest absolute Gasteiger partial charge is 0.276 e. The van der Waals surface area contributed by atoms with Gasteiger partial charge < -0.3 is 9.80 Å². The van der Waals surface area contributed by atoms with Crippen molar-refractivity contribution in [1.29, 1.82) is 0 Å². The molecule has 0 N–H and O–H groups in total. The van der Waals surface area contributed by atoms with Crippen molar-refractivity contribution in [3.63, 3.8) is 0 Å². The molecule has 0 aliphatic rings. The Morgan fingerprint density at radius 3 is 1.46 bits per heavy atom. The molecular formula is C19H17N5O2. The molecule has 3 aromatic heterocycles. The number of hydrogen-bond donors (Lipinski definition) is 0. The van der Waals surface area contributed by atoms with E-state index in [4.69, 9.17) is 0 Å². The lowest BCUT2D eigenvalue weighted by molar-refractivity contribution is 0.0984. The van der Waals surface area contributed by atoms with Gasteiger partial charge >= 0.3 is 0 Å². The first-order chi connectivity index (χ1) is 12.6. The molecule has 0 aliphatic carbocycles. The number of amides is 2. The molecule has 0 fully saturated rings. The predicted octanol–water partition coefficient (Wildman–Crippen LogP) is 2.42. The molecule has 7 heteroatoms. The number of carbonyl (C=O) groups excluding carboxylic acids is 2. The van der Waals surface area contributed by atoms with Gasteiger partial charge in [0, 0.05) is 50.3 Å². The number of pyridine rings is 3.